The van der Waals surface area contributed by atoms with E-state index >= 15 is 0 Å². The molecule has 1 fully saturated rings. The van der Waals surface area contributed by atoms with Crippen molar-refractivity contribution in [3.63, 3.8) is 0 Å². The fraction of sp³-hybridized carbons (Fsp3) is 0.400. The molecule has 0 saturated carbocycles. The molecule has 0 spiro atoms. The SMILES string of the molecule is CCC(CC)N1C(=O)C2C(Br)=CC=C(NNc3c([O-])nc([O-])c(C#N)c3C)C2C1=O. The monoisotopic (exact) mass is 473 g/mol. The third kappa shape index (κ3) is 3.39. The fourth-order valence-electron chi connectivity index (χ4n) is 3.86. The molecule has 2 amide bonds. The third-order valence-electron chi connectivity index (χ3n) is 5.53. The summed E-state index contributed by atoms with van der Waals surface area (Å²) >= 11 is 3.40. The number of amides is 2. The lowest BCUT2D eigenvalue weighted by Crippen LogP contribution is -2.40. The normalized spacial score (nSPS) is 20.6. The van der Waals surface area contributed by atoms with Crippen LogP contribution in [0.5, 0.6) is 11.8 Å². The van der Waals surface area contributed by atoms with Crippen molar-refractivity contribution in [3.8, 4) is 17.8 Å². The summed E-state index contributed by atoms with van der Waals surface area (Å²) in [5.74, 6) is -3.74. The molecule has 2 atom stereocenters. The highest BCUT2D eigenvalue weighted by molar-refractivity contribution is 9.11. The van der Waals surface area contributed by atoms with Crippen molar-refractivity contribution in [2.24, 2.45) is 11.8 Å². The number of nitrogens with zero attached hydrogens (tertiary/aromatic N) is 3. The summed E-state index contributed by atoms with van der Waals surface area (Å²) in [4.78, 5) is 30.8. The van der Waals surface area contributed by atoms with E-state index in [2.05, 4.69) is 31.8 Å². The number of likely N-dealkylation sites (tertiary alicyclic amines) is 1. The van der Waals surface area contributed by atoms with Crippen LogP contribution in [0.2, 0.25) is 0 Å². The number of nitrogens with one attached hydrogen (secondary N) is 2. The summed E-state index contributed by atoms with van der Waals surface area (Å²) in [6.07, 6.45) is 4.63. The van der Waals surface area contributed by atoms with Gasteiger partial charge in [-0.15, -0.1) is 0 Å². The van der Waals surface area contributed by atoms with Crippen molar-refractivity contribution in [1.29, 1.82) is 5.26 Å². The molecular weight excluding hydrogens is 454 g/mol. The minimum atomic E-state index is -0.883. The van der Waals surface area contributed by atoms with E-state index in [9.17, 15) is 19.8 Å². The summed E-state index contributed by atoms with van der Waals surface area (Å²) < 4.78 is 0.606. The van der Waals surface area contributed by atoms with E-state index in [1.165, 1.54) is 11.8 Å². The van der Waals surface area contributed by atoms with Gasteiger partial charge in [0.2, 0.25) is 11.8 Å². The third-order valence-corrected chi connectivity index (χ3v) is 6.28. The quantitative estimate of drug-likeness (QED) is 0.464. The van der Waals surface area contributed by atoms with E-state index in [-0.39, 0.29) is 34.7 Å². The minimum absolute atomic E-state index is 0.0640. The number of hydrogen-bond donors (Lipinski definition) is 2. The number of aromatic nitrogens is 1. The molecular formula is C20H20BrN5O4-2. The zero-order valence-corrected chi connectivity index (χ0v) is 18.2. The zero-order chi connectivity index (χ0) is 22.2. The lowest BCUT2D eigenvalue weighted by atomic mass is 9.88. The van der Waals surface area contributed by atoms with Crippen molar-refractivity contribution in [2.45, 2.75) is 39.7 Å². The van der Waals surface area contributed by atoms with Crippen LogP contribution in [0, 0.1) is 30.1 Å². The smallest absolute Gasteiger partial charge is 0.239 e. The van der Waals surface area contributed by atoms with Gasteiger partial charge < -0.3 is 15.6 Å². The van der Waals surface area contributed by atoms with Gasteiger partial charge in [0.25, 0.3) is 0 Å². The van der Waals surface area contributed by atoms with Crippen LogP contribution in [-0.2, 0) is 9.59 Å². The van der Waals surface area contributed by atoms with Gasteiger partial charge in [-0.25, -0.2) is 0 Å². The second kappa shape index (κ2) is 8.36. The molecule has 1 aromatic rings. The Hall–Kier alpha value is -3.06. The number of hydrogen-bond acceptors (Lipinski definition) is 8. The lowest BCUT2D eigenvalue weighted by Gasteiger charge is -2.27. The van der Waals surface area contributed by atoms with Crippen LogP contribution < -0.4 is 21.1 Å². The van der Waals surface area contributed by atoms with Crippen LogP contribution in [0.3, 0.4) is 0 Å². The average Bonchev–Trinajstić information content (AvgIpc) is 2.97. The Morgan fingerprint density at radius 2 is 1.80 bits per heavy atom. The number of imide groups is 1. The van der Waals surface area contributed by atoms with Crippen LogP contribution in [0.25, 0.3) is 0 Å². The van der Waals surface area contributed by atoms with Crippen LogP contribution >= 0.6 is 15.9 Å². The lowest BCUT2D eigenvalue weighted by molar-refractivity contribution is -0.292. The molecule has 1 aliphatic carbocycles. The Balaban J connectivity index is 1.91. The molecule has 0 aromatic carbocycles. The van der Waals surface area contributed by atoms with E-state index < -0.39 is 23.6 Å². The van der Waals surface area contributed by atoms with Crippen molar-refractivity contribution < 1.29 is 19.8 Å². The molecule has 2 unspecified atom stereocenters. The molecule has 0 radical (unpaired) electrons. The molecule has 9 nitrogen and oxygen atoms in total. The second-order valence-electron chi connectivity index (χ2n) is 7.10. The van der Waals surface area contributed by atoms with E-state index in [0.29, 0.717) is 23.0 Å². The van der Waals surface area contributed by atoms with Gasteiger partial charge in [0, 0.05) is 28.0 Å². The summed E-state index contributed by atoms with van der Waals surface area (Å²) in [7, 11) is 0. The van der Waals surface area contributed by atoms with Crippen LogP contribution in [0.4, 0.5) is 5.69 Å². The van der Waals surface area contributed by atoms with Gasteiger partial charge >= 0.3 is 0 Å². The number of carbonyl (C=O) groups is 2. The second-order valence-corrected chi connectivity index (χ2v) is 8.02. The van der Waals surface area contributed by atoms with E-state index in [1.54, 1.807) is 18.2 Å². The van der Waals surface area contributed by atoms with Gasteiger partial charge in [-0.2, -0.15) is 5.26 Å². The molecule has 2 aliphatic rings. The number of carbonyl (C=O) groups excluding carboxylic acids is 2. The first kappa shape index (κ1) is 21.6. The maximum Gasteiger partial charge on any atom is 0.239 e. The van der Waals surface area contributed by atoms with E-state index in [0.717, 1.165) is 0 Å². The van der Waals surface area contributed by atoms with Crippen molar-refractivity contribution in [3.05, 3.63) is 33.5 Å². The topological polar surface area (TPSA) is 144 Å². The first-order chi connectivity index (χ1) is 14.3. The summed E-state index contributed by atoms with van der Waals surface area (Å²) in [6, 6.07) is 1.55. The van der Waals surface area contributed by atoms with Crippen molar-refractivity contribution in [2.75, 3.05) is 5.43 Å². The predicted molar refractivity (Wildman–Crippen MR) is 108 cm³/mol. The standard InChI is InChI=1S/C20H22BrN5O4/c1-4-10(5-2)26-19(29)14-12(21)6-7-13(15(14)20(26)30)24-25-16-9(3)11(8-22)17(27)23-18(16)28/h6-7,10,14-15,24-25H,4-5H2,1-3H3,(H2,23,27,28)/p-2. The summed E-state index contributed by atoms with van der Waals surface area (Å²) in [5, 5.41) is 32.9. The number of rotatable bonds is 6. The number of fused-ring (bicyclic) bond motifs is 1. The number of allylic oxidation sites excluding steroid dienone is 2. The van der Waals surface area contributed by atoms with Gasteiger partial charge in [0.1, 0.15) is 6.07 Å². The molecule has 30 heavy (non-hydrogen) atoms. The molecule has 1 aliphatic heterocycles. The zero-order valence-electron chi connectivity index (χ0n) is 16.7. The van der Waals surface area contributed by atoms with Gasteiger partial charge in [-0.05, 0) is 37.5 Å². The Labute approximate surface area is 182 Å². The Morgan fingerprint density at radius 3 is 2.40 bits per heavy atom. The highest BCUT2D eigenvalue weighted by Gasteiger charge is 2.53. The minimum Gasteiger partial charge on any atom is -0.858 e. The Bertz CT molecular complexity index is 1010. The average molecular weight is 474 g/mol. The van der Waals surface area contributed by atoms with Crippen molar-refractivity contribution in [1.82, 2.24) is 15.3 Å². The summed E-state index contributed by atoms with van der Waals surface area (Å²) in [6.45, 7) is 5.31. The molecule has 158 valence electrons. The molecule has 2 N–H and O–H groups in total. The van der Waals surface area contributed by atoms with Gasteiger partial charge in [0.05, 0.1) is 23.1 Å². The number of halogens is 1. The van der Waals surface area contributed by atoms with Gasteiger partial charge in [-0.1, -0.05) is 29.8 Å². The maximum absolute atomic E-state index is 13.1. The van der Waals surface area contributed by atoms with Crippen molar-refractivity contribution >= 4 is 33.4 Å². The largest absolute Gasteiger partial charge is 0.858 e. The van der Waals surface area contributed by atoms with Crippen LogP contribution in [0.1, 0.15) is 37.8 Å². The number of anilines is 1. The van der Waals surface area contributed by atoms with Gasteiger partial charge in [0.15, 0.2) is 0 Å². The highest BCUT2D eigenvalue weighted by Crippen LogP contribution is 2.42. The predicted octanol–water partition coefficient (Wildman–Crippen LogP) is 1.29. The molecule has 10 heteroatoms. The molecule has 0 bridgehead atoms. The highest BCUT2D eigenvalue weighted by atomic mass is 79.9. The fourth-order valence-corrected chi connectivity index (χ4v) is 4.45. The summed E-state index contributed by atoms with van der Waals surface area (Å²) in [5.41, 5.74) is 5.77. The van der Waals surface area contributed by atoms with Gasteiger partial charge in [-0.3, -0.25) is 24.9 Å². The molecule has 1 aromatic heterocycles. The molecule has 2 heterocycles. The first-order valence-corrected chi connectivity index (χ1v) is 10.3. The molecule has 3 rings (SSSR count). The Morgan fingerprint density at radius 1 is 1.17 bits per heavy atom. The van der Waals surface area contributed by atoms with E-state index in [1.807, 2.05) is 13.8 Å². The number of hydrazine groups is 1. The van der Waals surface area contributed by atoms with Crippen LogP contribution in [0.15, 0.2) is 22.3 Å². The Kier molecular flexibility index (Phi) is 6.03. The first-order valence-electron chi connectivity index (χ1n) is 9.51. The van der Waals surface area contributed by atoms with Crippen LogP contribution in [-0.4, -0.2) is 27.7 Å². The van der Waals surface area contributed by atoms with E-state index in [4.69, 9.17) is 5.26 Å². The number of nitriles is 1. The maximum atomic E-state index is 13.1. The number of pyridine rings is 1. The molecule has 1 saturated heterocycles.